The summed E-state index contributed by atoms with van der Waals surface area (Å²) in [6.45, 7) is 14.6. The summed E-state index contributed by atoms with van der Waals surface area (Å²) >= 11 is 0. The lowest BCUT2D eigenvalue weighted by Gasteiger charge is -2.34. The molecule has 1 aliphatic carbocycles. The molecule has 2 aliphatic rings. The molecule has 0 radical (unpaired) electrons. The van der Waals surface area contributed by atoms with Crippen molar-refractivity contribution in [1.29, 1.82) is 0 Å². The fourth-order valence-corrected chi connectivity index (χ4v) is 4.06. The van der Waals surface area contributed by atoms with Crippen LogP contribution in [0.25, 0.3) is 0 Å². The van der Waals surface area contributed by atoms with Crippen LogP contribution in [0.3, 0.4) is 0 Å². The van der Waals surface area contributed by atoms with Crippen molar-refractivity contribution in [3.8, 4) is 0 Å². The molecule has 21 heavy (non-hydrogen) atoms. The predicted molar refractivity (Wildman–Crippen MR) is 86.2 cm³/mol. The summed E-state index contributed by atoms with van der Waals surface area (Å²) in [6.07, 6.45) is 5.10. The quantitative estimate of drug-likeness (QED) is 0.701. The van der Waals surface area contributed by atoms with Crippen LogP contribution in [0.2, 0.25) is 0 Å². The largest absolute Gasteiger partial charge is 0.444 e. The van der Waals surface area contributed by atoms with Gasteiger partial charge >= 0.3 is 6.09 Å². The smallest absolute Gasteiger partial charge is 0.410 e. The van der Waals surface area contributed by atoms with Gasteiger partial charge in [0.05, 0.1) is 0 Å². The molecule has 1 amide bonds. The minimum atomic E-state index is -0.389. The molecule has 1 aliphatic heterocycles. The number of amides is 1. The van der Waals surface area contributed by atoms with Crippen LogP contribution in [0.1, 0.15) is 67.2 Å². The zero-order valence-corrected chi connectivity index (χ0v) is 14.7. The van der Waals surface area contributed by atoms with Gasteiger partial charge in [0.1, 0.15) is 5.60 Å². The molecule has 0 aromatic rings. The van der Waals surface area contributed by atoms with E-state index in [0.717, 1.165) is 19.0 Å². The maximum Gasteiger partial charge on any atom is 0.410 e. The van der Waals surface area contributed by atoms with Gasteiger partial charge in [0.2, 0.25) is 0 Å². The number of rotatable bonds is 1. The monoisotopic (exact) mass is 295 g/mol. The first kappa shape index (κ1) is 16.6. The lowest BCUT2D eigenvalue weighted by atomic mass is 9.71. The average molecular weight is 295 g/mol. The third-order valence-electron chi connectivity index (χ3n) is 4.71. The van der Waals surface area contributed by atoms with Gasteiger partial charge in [0, 0.05) is 13.1 Å². The van der Waals surface area contributed by atoms with Crippen molar-refractivity contribution in [2.75, 3.05) is 13.1 Å². The van der Waals surface area contributed by atoms with Crippen LogP contribution in [-0.4, -0.2) is 29.7 Å². The van der Waals surface area contributed by atoms with Crippen molar-refractivity contribution >= 4 is 6.09 Å². The summed E-state index contributed by atoms with van der Waals surface area (Å²) in [5.74, 6) is 2.23. The lowest BCUT2D eigenvalue weighted by molar-refractivity contribution is 0.0284. The second-order valence-corrected chi connectivity index (χ2v) is 9.35. The number of carbonyl (C=O) groups excluding carboxylic acids is 1. The first-order chi connectivity index (χ1) is 9.53. The van der Waals surface area contributed by atoms with Crippen molar-refractivity contribution < 1.29 is 9.53 Å². The van der Waals surface area contributed by atoms with E-state index in [9.17, 15) is 4.79 Å². The molecule has 0 aromatic heterocycles. The van der Waals surface area contributed by atoms with Gasteiger partial charge < -0.3 is 9.64 Å². The van der Waals surface area contributed by atoms with Gasteiger partial charge in [0.25, 0.3) is 0 Å². The number of hydrogen-bond acceptors (Lipinski definition) is 2. The molecular weight excluding hydrogens is 262 g/mol. The number of carbonyl (C=O) groups is 1. The summed E-state index contributed by atoms with van der Waals surface area (Å²) in [5.41, 5.74) is 0.0283. The molecule has 3 unspecified atom stereocenters. The number of likely N-dealkylation sites (tertiary alicyclic amines) is 1. The highest BCUT2D eigenvalue weighted by Crippen LogP contribution is 2.43. The van der Waals surface area contributed by atoms with Crippen LogP contribution in [0, 0.1) is 23.2 Å². The Labute approximate surface area is 130 Å². The van der Waals surface area contributed by atoms with Crippen LogP contribution in [0.4, 0.5) is 4.79 Å². The van der Waals surface area contributed by atoms with Gasteiger partial charge in [-0.2, -0.15) is 0 Å². The molecule has 0 bridgehead atoms. The molecule has 1 heterocycles. The van der Waals surface area contributed by atoms with E-state index >= 15 is 0 Å². The third kappa shape index (κ3) is 4.89. The van der Waals surface area contributed by atoms with Gasteiger partial charge in [-0.3, -0.25) is 0 Å². The zero-order chi connectivity index (χ0) is 15.8. The van der Waals surface area contributed by atoms with Gasteiger partial charge in [-0.25, -0.2) is 4.79 Å². The zero-order valence-electron chi connectivity index (χ0n) is 14.7. The van der Waals surface area contributed by atoms with Crippen molar-refractivity contribution in [2.45, 2.75) is 72.8 Å². The molecule has 3 heteroatoms. The minimum Gasteiger partial charge on any atom is -0.444 e. The van der Waals surface area contributed by atoms with E-state index in [4.69, 9.17) is 4.74 Å². The highest BCUT2D eigenvalue weighted by molar-refractivity contribution is 5.68. The number of fused-ring (bicyclic) bond motifs is 1. The van der Waals surface area contributed by atoms with Gasteiger partial charge in [-0.1, -0.05) is 27.2 Å². The molecule has 122 valence electrons. The number of hydrogen-bond donors (Lipinski definition) is 0. The van der Waals surface area contributed by atoms with Crippen LogP contribution in [-0.2, 0) is 4.74 Å². The summed E-state index contributed by atoms with van der Waals surface area (Å²) in [4.78, 5) is 14.2. The molecule has 1 saturated carbocycles. The maximum atomic E-state index is 12.2. The summed E-state index contributed by atoms with van der Waals surface area (Å²) < 4.78 is 5.52. The molecule has 3 atom stereocenters. The van der Waals surface area contributed by atoms with Crippen molar-refractivity contribution in [1.82, 2.24) is 4.90 Å². The fraction of sp³-hybridized carbons (Fsp3) is 0.944. The van der Waals surface area contributed by atoms with Gasteiger partial charge in [-0.05, 0) is 63.2 Å². The van der Waals surface area contributed by atoms with Crippen molar-refractivity contribution in [3.63, 3.8) is 0 Å². The Hall–Kier alpha value is -0.730. The molecule has 2 fully saturated rings. The second kappa shape index (κ2) is 5.81. The lowest BCUT2D eigenvalue weighted by Crippen LogP contribution is -2.35. The molecule has 3 nitrogen and oxygen atoms in total. The van der Waals surface area contributed by atoms with Gasteiger partial charge in [0.15, 0.2) is 0 Å². The first-order valence-corrected chi connectivity index (χ1v) is 8.51. The molecule has 0 spiro atoms. The first-order valence-electron chi connectivity index (χ1n) is 8.51. The van der Waals surface area contributed by atoms with E-state index in [1.54, 1.807) is 0 Å². The van der Waals surface area contributed by atoms with Gasteiger partial charge in [-0.15, -0.1) is 0 Å². The maximum absolute atomic E-state index is 12.2. The predicted octanol–water partition coefficient (Wildman–Crippen LogP) is 4.71. The highest BCUT2D eigenvalue weighted by atomic mass is 16.6. The Kier molecular flexibility index (Phi) is 4.60. The Bertz CT molecular complexity index is 378. The van der Waals surface area contributed by atoms with E-state index in [2.05, 4.69) is 20.8 Å². The minimum absolute atomic E-state index is 0.121. The fourth-order valence-electron chi connectivity index (χ4n) is 4.06. The third-order valence-corrected chi connectivity index (χ3v) is 4.71. The highest BCUT2D eigenvalue weighted by Gasteiger charge is 2.41. The summed E-state index contributed by atoms with van der Waals surface area (Å²) in [5, 5.41) is 0. The Morgan fingerprint density at radius 2 is 1.67 bits per heavy atom. The molecule has 0 aromatic carbocycles. The van der Waals surface area contributed by atoms with Crippen molar-refractivity contribution in [2.24, 2.45) is 23.2 Å². The van der Waals surface area contributed by atoms with E-state index in [1.807, 2.05) is 25.7 Å². The number of nitrogens with zero attached hydrogens (tertiary/aromatic N) is 1. The Balaban J connectivity index is 1.88. The molecule has 2 rings (SSSR count). The van der Waals surface area contributed by atoms with Crippen LogP contribution < -0.4 is 0 Å². The molecular formula is C18H33NO2. The Morgan fingerprint density at radius 3 is 2.24 bits per heavy atom. The van der Waals surface area contributed by atoms with Crippen LogP contribution in [0.15, 0.2) is 0 Å². The van der Waals surface area contributed by atoms with Crippen LogP contribution in [0.5, 0.6) is 0 Å². The standard InChI is InChI=1S/C18H33NO2/c1-17(2,3)10-13-7-8-14-11-19(12-15(14)9-13)16(20)21-18(4,5)6/h13-15H,7-12H2,1-6H3. The topological polar surface area (TPSA) is 29.5 Å². The number of ether oxygens (including phenoxy) is 1. The normalized spacial score (nSPS) is 30.2. The van der Waals surface area contributed by atoms with Crippen molar-refractivity contribution in [3.05, 3.63) is 0 Å². The van der Waals surface area contributed by atoms with E-state index in [1.165, 1.54) is 25.7 Å². The molecule has 1 saturated heterocycles. The van der Waals surface area contributed by atoms with E-state index in [-0.39, 0.29) is 11.7 Å². The van der Waals surface area contributed by atoms with Crippen LogP contribution >= 0.6 is 0 Å². The Morgan fingerprint density at radius 1 is 1.05 bits per heavy atom. The van der Waals surface area contributed by atoms with E-state index in [0.29, 0.717) is 17.3 Å². The SMILES string of the molecule is CC(C)(C)CC1CCC2CN(C(=O)OC(C)(C)C)CC2C1. The average Bonchev–Trinajstić information content (AvgIpc) is 2.67. The summed E-state index contributed by atoms with van der Waals surface area (Å²) in [6, 6.07) is 0. The second-order valence-electron chi connectivity index (χ2n) is 9.35. The summed E-state index contributed by atoms with van der Waals surface area (Å²) in [7, 11) is 0. The molecule has 0 N–H and O–H groups in total. The van der Waals surface area contributed by atoms with E-state index < -0.39 is 0 Å².